The maximum Gasteiger partial charge on any atom is 0.117 e. The van der Waals surface area contributed by atoms with Crippen LogP contribution in [0, 0.1) is 0 Å². The highest BCUT2D eigenvalue weighted by Crippen LogP contribution is 2.11. The van der Waals surface area contributed by atoms with Crippen molar-refractivity contribution in [3.63, 3.8) is 0 Å². The van der Waals surface area contributed by atoms with E-state index < -0.39 is 0 Å². The van der Waals surface area contributed by atoms with Gasteiger partial charge in [0, 0.05) is 5.02 Å². The molecule has 52 valence electrons. The van der Waals surface area contributed by atoms with Gasteiger partial charge in [0.1, 0.15) is 18.9 Å². The molecule has 1 heterocycles. The van der Waals surface area contributed by atoms with Crippen molar-refractivity contribution in [1.82, 2.24) is 15.4 Å². The Bertz CT molecular complexity index is 398. The highest BCUT2D eigenvalue weighted by molar-refractivity contribution is 6.40. The molecule has 0 amide bonds. The van der Waals surface area contributed by atoms with Gasteiger partial charge in [-0.3, -0.25) is 0 Å². The first kappa shape index (κ1) is 6.67. The van der Waals surface area contributed by atoms with E-state index in [4.69, 9.17) is 19.4 Å². The zero-order valence-corrected chi connectivity index (χ0v) is 6.26. The summed E-state index contributed by atoms with van der Waals surface area (Å²) in [5, 5.41) is 10.7. The predicted octanol–water partition coefficient (Wildman–Crippen LogP) is 0.405. The zero-order chi connectivity index (χ0) is 7.84. The van der Waals surface area contributed by atoms with Crippen molar-refractivity contribution in [2.24, 2.45) is 0 Å². The van der Waals surface area contributed by atoms with Crippen LogP contribution < -0.4 is 5.46 Å². The maximum absolute atomic E-state index is 5.72. The number of benzene rings is 1. The smallest absolute Gasteiger partial charge is 0.117 e. The van der Waals surface area contributed by atoms with Gasteiger partial charge in [0.05, 0.1) is 0 Å². The minimum absolute atomic E-state index is 0.543. The van der Waals surface area contributed by atoms with E-state index in [-0.39, 0.29) is 0 Å². The average molecular weight is 163 g/mol. The van der Waals surface area contributed by atoms with Gasteiger partial charge in [-0.25, -0.2) is 0 Å². The average Bonchev–Trinajstić information content (AvgIpc) is 2.34. The summed E-state index contributed by atoms with van der Waals surface area (Å²) in [6, 6.07) is 3.35. The largest absolute Gasteiger partial charge is 0.197 e. The Morgan fingerprint density at radius 1 is 1.36 bits per heavy atom. The Hall–Kier alpha value is -1.03. The number of fused-ring (bicyclic) bond motifs is 1. The molecular formula is C6H3BClN3. The third-order valence-corrected chi connectivity index (χ3v) is 1.63. The molecule has 2 radical (unpaired) electrons. The van der Waals surface area contributed by atoms with Crippen LogP contribution in [-0.4, -0.2) is 23.3 Å². The Morgan fingerprint density at radius 3 is 3.00 bits per heavy atom. The number of aromatic nitrogens is 3. The summed E-state index contributed by atoms with van der Waals surface area (Å²) in [4.78, 5) is 0. The Kier molecular flexibility index (Phi) is 1.36. The van der Waals surface area contributed by atoms with Crippen LogP contribution in [0.3, 0.4) is 0 Å². The van der Waals surface area contributed by atoms with Gasteiger partial charge in [-0.1, -0.05) is 17.1 Å². The molecule has 1 N–H and O–H groups in total. The summed E-state index contributed by atoms with van der Waals surface area (Å²) in [6.07, 6.45) is 0. The number of hydrogen-bond donors (Lipinski definition) is 1. The summed E-state index contributed by atoms with van der Waals surface area (Å²) in [7, 11) is 5.59. The molecule has 0 fully saturated rings. The zero-order valence-electron chi connectivity index (χ0n) is 5.50. The van der Waals surface area contributed by atoms with Crippen LogP contribution in [0.2, 0.25) is 5.02 Å². The van der Waals surface area contributed by atoms with E-state index in [0.717, 1.165) is 0 Å². The van der Waals surface area contributed by atoms with Crippen LogP contribution in [-0.2, 0) is 0 Å². The molecule has 0 saturated carbocycles. The Morgan fingerprint density at radius 2 is 2.18 bits per heavy atom. The number of rotatable bonds is 0. The third-order valence-electron chi connectivity index (χ3n) is 1.42. The molecule has 2 rings (SSSR count). The van der Waals surface area contributed by atoms with Crippen molar-refractivity contribution in [3.8, 4) is 0 Å². The monoisotopic (exact) mass is 163 g/mol. The molecule has 5 heteroatoms. The number of H-pyrrole nitrogens is 1. The molecule has 0 aliphatic heterocycles. The highest BCUT2D eigenvalue weighted by Gasteiger charge is 2.01. The van der Waals surface area contributed by atoms with Crippen LogP contribution in [0.4, 0.5) is 0 Å². The standard InChI is InChI=1S/C6H3BClN3/c7-4-1-3(8)2-5-6(4)10-11-9-5/h1-2H,(H,9,10,11). The second-order valence-electron chi connectivity index (χ2n) is 2.19. The number of nitrogens with one attached hydrogen (secondary N) is 1. The summed E-state index contributed by atoms with van der Waals surface area (Å²) < 4.78 is 0. The molecule has 0 aliphatic rings. The first-order chi connectivity index (χ1) is 5.27. The lowest BCUT2D eigenvalue weighted by molar-refractivity contribution is 0.960. The number of nitrogens with zero attached hydrogens (tertiary/aromatic N) is 2. The minimum atomic E-state index is 0.543. The Labute approximate surface area is 69.2 Å². The molecular weight excluding hydrogens is 160 g/mol. The van der Waals surface area contributed by atoms with Gasteiger partial charge < -0.3 is 0 Å². The minimum Gasteiger partial charge on any atom is -0.197 e. The van der Waals surface area contributed by atoms with Gasteiger partial charge in [-0.05, 0) is 12.1 Å². The van der Waals surface area contributed by atoms with Crippen LogP contribution in [0.1, 0.15) is 0 Å². The molecule has 1 aromatic carbocycles. The molecule has 0 saturated heterocycles. The van der Waals surface area contributed by atoms with Crippen LogP contribution in [0.15, 0.2) is 12.1 Å². The number of hydrogen-bond acceptors (Lipinski definition) is 2. The lowest BCUT2D eigenvalue weighted by Crippen LogP contribution is -2.03. The van der Waals surface area contributed by atoms with Gasteiger partial charge in [0.15, 0.2) is 0 Å². The van der Waals surface area contributed by atoms with Gasteiger partial charge >= 0.3 is 0 Å². The quantitative estimate of drug-likeness (QED) is 0.571. The fraction of sp³-hybridized carbons (Fsp3) is 0. The summed E-state index contributed by atoms with van der Waals surface area (Å²) in [5.41, 5.74) is 1.89. The lowest BCUT2D eigenvalue weighted by Gasteiger charge is -1.93. The predicted molar refractivity (Wildman–Crippen MR) is 44.3 cm³/mol. The lowest BCUT2D eigenvalue weighted by atomic mass is 9.95. The van der Waals surface area contributed by atoms with Crippen molar-refractivity contribution in [2.75, 3.05) is 0 Å². The van der Waals surface area contributed by atoms with Crippen molar-refractivity contribution in [3.05, 3.63) is 17.2 Å². The molecule has 2 aromatic rings. The first-order valence-electron chi connectivity index (χ1n) is 3.03. The van der Waals surface area contributed by atoms with Gasteiger partial charge in [0.2, 0.25) is 0 Å². The van der Waals surface area contributed by atoms with E-state index in [1.165, 1.54) is 0 Å². The molecule has 0 bridgehead atoms. The number of halogens is 1. The molecule has 0 unspecified atom stereocenters. The summed E-state index contributed by atoms with van der Waals surface area (Å²) in [6.45, 7) is 0. The van der Waals surface area contributed by atoms with Crippen LogP contribution in [0.25, 0.3) is 11.0 Å². The van der Waals surface area contributed by atoms with E-state index >= 15 is 0 Å². The summed E-state index contributed by atoms with van der Waals surface area (Å²) in [5.74, 6) is 0. The van der Waals surface area contributed by atoms with Gasteiger partial charge in [-0.2, -0.15) is 15.4 Å². The number of aromatic amines is 1. The van der Waals surface area contributed by atoms with Crippen molar-refractivity contribution < 1.29 is 0 Å². The molecule has 0 atom stereocenters. The first-order valence-corrected chi connectivity index (χ1v) is 3.40. The van der Waals surface area contributed by atoms with Gasteiger partial charge in [-0.15, -0.1) is 0 Å². The van der Waals surface area contributed by atoms with E-state index in [1.807, 2.05) is 0 Å². The Balaban J connectivity index is 2.91. The van der Waals surface area contributed by atoms with E-state index in [2.05, 4.69) is 15.4 Å². The third kappa shape index (κ3) is 0.992. The SMILES string of the molecule is [B]c1cc(Cl)cc2n[nH]nc12. The van der Waals surface area contributed by atoms with Crippen molar-refractivity contribution >= 4 is 35.9 Å². The van der Waals surface area contributed by atoms with E-state index in [9.17, 15) is 0 Å². The summed E-state index contributed by atoms with van der Waals surface area (Å²) >= 11 is 5.72. The molecule has 0 aliphatic carbocycles. The van der Waals surface area contributed by atoms with Crippen molar-refractivity contribution in [2.45, 2.75) is 0 Å². The molecule has 0 spiro atoms. The van der Waals surface area contributed by atoms with Crippen molar-refractivity contribution in [1.29, 1.82) is 0 Å². The maximum atomic E-state index is 5.72. The second-order valence-corrected chi connectivity index (χ2v) is 2.62. The van der Waals surface area contributed by atoms with Gasteiger partial charge in [0.25, 0.3) is 0 Å². The second kappa shape index (κ2) is 2.24. The topological polar surface area (TPSA) is 41.6 Å². The fourth-order valence-electron chi connectivity index (χ4n) is 0.941. The highest BCUT2D eigenvalue weighted by atomic mass is 35.5. The molecule has 1 aromatic heterocycles. The van der Waals surface area contributed by atoms with E-state index in [1.54, 1.807) is 12.1 Å². The van der Waals surface area contributed by atoms with Crippen LogP contribution in [0.5, 0.6) is 0 Å². The molecule has 3 nitrogen and oxygen atoms in total. The van der Waals surface area contributed by atoms with E-state index in [0.29, 0.717) is 21.5 Å². The van der Waals surface area contributed by atoms with Crippen LogP contribution >= 0.6 is 11.6 Å². The molecule has 11 heavy (non-hydrogen) atoms. The fourth-order valence-corrected chi connectivity index (χ4v) is 1.16. The normalized spacial score (nSPS) is 10.6.